The summed E-state index contributed by atoms with van der Waals surface area (Å²) in [6.07, 6.45) is 2.25. The number of nitrogens with zero attached hydrogens (tertiary/aromatic N) is 3. The molecule has 0 spiro atoms. The van der Waals surface area contributed by atoms with Crippen molar-refractivity contribution in [3.63, 3.8) is 0 Å². The fraction of sp³-hybridized carbons (Fsp3) is 0.400. The number of rotatable bonds is 13. The van der Waals surface area contributed by atoms with Gasteiger partial charge in [-0.15, -0.1) is 0 Å². The molecule has 0 saturated heterocycles. The van der Waals surface area contributed by atoms with Gasteiger partial charge in [-0.1, -0.05) is 48.5 Å². The second kappa shape index (κ2) is 13.9. The molecule has 0 N–H and O–H groups in total. The fourth-order valence-corrected chi connectivity index (χ4v) is 3.36. The summed E-state index contributed by atoms with van der Waals surface area (Å²) in [6, 6.07) is 21.5. The first-order valence-electron chi connectivity index (χ1n) is 10.7. The predicted molar refractivity (Wildman–Crippen MR) is 121 cm³/mol. The average Bonchev–Trinajstić information content (AvgIpc) is 2.81. The number of amides is 2. The molecule has 0 fully saturated rings. The van der Waals surface area contributed by atoms with Gasteiger partial charge < -0.3 is 14.5 Å². The van der Waals surface area contributed by atoms with Crippen LogP contribution >= 0.6 is 0 Å². The highest BCUT2D eigenvalue weighted by Gasteiger charge is 2.19. The van der Waals surface area contributed by atoms with Crippen LogP contribution in [-0.2, 0) is 20.7 Å². The minimum Gasteiger partial charge on any atom is -0.383 e. The van der Waals surface area contributed by atoms with Crippen LogP contribution in [0.2, 0.25) is 0 Å². The van der Waals surface area contributed by atoms with Crippen molar-refractivity contribution in [2.75, 3.05) is 38.3 Å². The summed E-state index contributed by atoms with van der Waals surface area (Å²) in [6.45, 7) is 1.92. The molecule has 2 rings (SSSR count). The van der Waals surface area contributed by atoms with Gasteiger partial charge in [0.05, 0.1) is 19.1 Å². The van der Waals surface area contributed by atoms with Crippen molar-refractivity contribution in [2.24, 2.45) is 0 Å². The van der Waals surface area contributed by atoms with Crippen LogP contribution in [0, 0.1) is 11.3 Å². The number of nitriles is 1. The van der Waals surface area contributed by atoms with Crippen molar-refractivity contribution >= 4 is 17.5 Å². The Labute approximate surface area is 185 Å². The van der Waals surface area contributed by atoms with Gasteiger partial charge in [0.15, 0.2) is 0 Å². The number of ether oxygens (including phenoxy) is 1. The Kier molecular flexibility index (Phi) is 10.8. The molecule has 0 aliphatic heterocycles. The molecule has 31 heavy (non-hydrogen) atoms. The van der Waals surface area contributed by atoms with Crippen LogP contribution in [0.3, 0.4) is 0 Å². The number of methoxy groups -OCH3 is 1. The average molecular weight is 422 g/mol. The largest absolute Gasteiger partial charge is 0.383 e. The number of carbonyl (C=O) groups is 2. The molecule has 6 heteroatoms. The highest BCUT2D eigenvalue weighted by molar-refractivity contribution is 5.95. The summed E-state index contributed by atoms with van der Waals surface area (Å²) in [7, 11) is 1.61. The minimum absolute atomic E-state index is 0.0493. The van der Waals surface area contributed by atoms with E-state index in [0.717, 1.165) is 18.5 Å². The van der Waals surface area contributed by atoms with Gasteiger partial charge in [-0.3, -0.25) is 9.59 Å². The summed E-state index contributed by atoms with van der Waals surface area (Å²) in [5, 5.41) is 8.92. The molecule has 0 atom stereocenters. The summed E-state index contributed by atoms with van der Waals surface area (Å²) in [5.74, 6) is -0.197. The Hall–Kier alpha value is -3.17. The van der Waals surface area contributed by atoms with Crippen LogP contribution in [0.25, 0.3) is 0 Å². The number of benzene rings is 2. The van der Waals surface area contributed by atoms with E-state index in [1.54, 1.807) is 16.9 Å². The fourth-order valence-electron chi connectivity index (χ4n) is 3.36. The van der Waals surface area contributed by atoms with E-state index in [0.29, 0.717) is 26.2 Å². The normalized spacial score (nSPS) is 10.3. The number of para-hydroxylation sites is 1. The van der Waals surface area contributed by atoms with Crippen molar-refractivity contribution < 1.29 is 14.3 Å². The van der Waals surface area contributed by atoms with Crippen LogP contribution in [0.15, 0.2) is 60.7 Å². The SMILES string of the molecule is COCCN(CCCc1ccccc1)C(=O)CCC(=O)N(CCC#N)c1ccccc1. The topological polar surface area (TPSA) is 73.6 Å². The Balaban J connectivity index is 1.91. The Bertz CT molecular complexity index is 834. The maximum absolute atomic E-state index is 12.8. The lowest BCUT2D eigenvalue weighted by Gasteiger charge is -2.24. The first-order chi connectivity index (χ1) is 15.2. The van der Waals surface area contributed by atoms with Crippen LogP contribution < -0.4 is 4.90 Å². The highest BCUT2D eigenvalue weighted by Crippen LogP contribution is 2.16. The maximum Gasteiger partial charge on any atom is 0.227 e. The van der Waals surface area contributed by atoms with Crippen LogP contribution in [0.1, 0.15) is 31.2 Å². The van der Waals surface area contributed by atoms with Crippen molar-refractivity contribution in [1.82, 2.24) is 4.90 Å². The van der Waals surface area contributed by atoms with Crippen LogP contribution in [0.4, 0.5) is 5.69 Å². The minimum atomic E-state index is -0.147. The number of hydrogen-bond acceptors (Lipinski definition) is 4. The first kappa shape index (κ1) is 24.1. The highest BCUT2D eigenvalue weighted by atomic mass is 16.5. The Morgan fingerprint density at radius 3 is 2.19 bits per heavy atom. The smallest absolute Gasteiger partial charge is 0.227 e. The monoisotopic (exact) mass is 421 g/mol. The molecule has 0 unspecified atom stereocenters. The maximum atomic E-state index is 12.8. The number of anilines is 1. The third-order valence-corrected chi connectivity index (χ3v) is 5.02. The summed E-state index contributed by atoms with van der Waals surface area (Å²) in [4.78, 5) is 29.0. The summed E-state index contributed by atoms with van der Waals surface area (Å²) < 4.78 is 5.15. The van der Waals surface area contributed by atoms with E-state index in [9.17, 15) is 9.59 Å². The third-order valence-electron chi connectivity index (χ3n) is 5.02. The molecule has 2 amide bonds. The number of aryl methyl sites for hydroxylation is 1. The number of carbonyl (C=O) groups excluding carboxylic acids is 2. The quantitative estimate of drug-likeness (QED) is 0.493. The standard InChI is InChI=1S/C25H31N3O3/c1-31-21-20-27(18-8-12-22-10-4-2-5-11-22)24(29)15-16-25(30)28(19-9-17-26)23-13-6-3-7-14-23/h2-7,10-11,13-14H,8-9,12,15-16,18-21H2,1H3. The van der Waals surface area contributed by atoms with Crippen molar-refractivity contribution in [2.45, 2.75) is 32.1 Å². The second-order valence-electron chi connectivity index (χ2n) is 7.25. The van der Waals surface area contributed by atoms with E-state index in [-0.39, 0.29) is 31.1 Å². The van der Waals surface area contributed by atoms with Gasteiger partial charge in [0.25, 0.3) is 0 Å². The molecule has 164 valence electrons. The lowest BCUT2D eigenvalue weighted by molar-refractivity contribution is -0.133. The summed E-state index contributed by atoms with van der Waals surface area (Å²) in [5.41, 5.74) is 1.99. The molecular weight excluding hydrogens is 390 g/mol. The van der Waals surface area contributed by atoms with Crippen molar-refractivity contribution in [3.05, 3.63) is 66.2 Å². The second-order valence-corrected chi connectivity index (χ2v) is 7.25. The van der Waals surface area contributed by atoms with E-state index in [4.69, 9.17) is 10.00 Å². The zero-order valence-electron chi connectivity index (χ0n) is 18.2. The lowest BCUT2D eigenvalue weighted by Crippen LogP contribution is -2.37. The van der Waals surface area contributed by atoms with Gasteiger partial charge in [0, 0.05) is 45.3 Å². The molecule has 0 bridgehead atoms. The third kappa shape index (κ3) is 8.61. The molecule has 6 nitrogen and oxygen atoms in total. The van der Waals surface area contributed by atoms with Gasteiger partial charge >= 0.3 is 0 Å². The van der Waals surface area contributed by atoms with E-state index in [1.165, 1.54) is 5.56 Å². The van der Waals surface area contributed by atoms with Gasteiger partial charge in [0.2, 0.25) is 11.8 Å². The van der Waals surface area contributed by atoms with E-state index < -0.39 is 0 Å². The first-order valence-corrected chi connectivity index (χ1v) is 10.7. The van der Waals surface area contributed by atoms with Gasteiger partial charge in [-0.2, -0.15) is 5.26 Å². The van der Waals surface area contributed by atoms with E-state index in [1.807, 2.05) is 48.5 Å². The molecule has 2 aromatic carbocycles. The molecule has 0 aromatic heterocycles. The summed E-state index contributed by atoms with van der Waals surface area (Å²) >= 11 is 0. The molecule has 2 aromatic rings. The number of hydrogen-bond donors (Lipinski definition) is 0. The van der Waals surface area contributed by atoms with Crippen LogP contribution in [0.5, 0.6) is 0 Å². The van der Waals surface area contributed by atoms with Gasteiger partial charge in [0.1, 0.15) is 0 Å². The molecule has 0 heterocycles. The van der Waals surface area contributed by atoms with E-state index in [2.05, 4.69) is 18.2 Å². The Morgan fingerprint density at radius 1 is 0.903 bits per heavy atom. The predicted octanol–water partition coefficient (Wildman–Crippen LogP) is 3.82. The Morgan fingerprint density at radius 2 is 1.55 bits per heavy atom. The lowest BCUT2D eigenvalue weighted by atomic mass is 10.1. The van der Waals surface area contributed by atoms with Crippen molar-refractivity contribution in [3.8, 4) is 6.07 Å². The van der Waals surface area contributed by atoms with Crippen molar-refractivity contribution in [1.29, 1.82) is 5.26 Å². The molecule has 0 saturated carbocycles. The van der Waals surface area contributed by atoms with Gasteiger partial charge in [-0.25, -0.2) is 0 Å². The van der Waals surface area contributed by atoms with E-state index >= 15 is 0 Å². The molecular formula is C25H31N3O3. The zero-order valence-corrected chi connectivity index (χ0v) is 18.2. The molecule has 0 aliphatic carbocycles. The molecule has 0 aliphatic rings. The molecule has 0 radical (unpaired) electrons. The van der Waals surface area contributed by atoms with Crippen LogP contribution in [-0.4, -0.2) is 50.1 Å². The zero-order chi connectivity index (χ0) is 22.3. The van der Waals surface area contributed by atoms with Gasteiger partial charge in [-0.05, 0) is 30.5 Å².